The fourth-order valence-electron chi connectivity index (χ4n) is 3.28. The third-order valence-corrected chi connectivity index (χ3v) is 4.83. The number of fused-ring (bicyclic) bond motifs is 1. The van der Waals surface area contributed by atoms with Crippen molar-refractivity contribution in [1.82, 2.24) is 10.2 Å². The van der Waals surface area contributed by atoms with Gasteiger partial charge >= 0.3 is 6.61 Å². The number of nitro groups is 1. The van der Waals surface area contributed by atoms with E-state index in [2.05, 4.69) is 20.3 Å². The van der Waals surface area contributed by atoms with Gasteiger partial charge in [0.2, 0.25) is 0 Å². The first-order chi connectivity index (χ1) is 15.9. The zero-order chi connectivity index (χ0) is 23.5. The summed E-state index contributed by atoms with van der Waals surface area (Å²) in [7, 11) is 1.50. The number of nitrogens with one attached hydrogen (secondary N) is 2. The van der Waals surface area contributed by atoms with E-state index in [1.165, 1.54) is 43.5 Å². The third-order valence-electron chi connectivity index (χ3n) is 4.83. The van der Waals surface area contributed by atoms with Crippen molar-refractivity contribution in [2.24, 2.45) is 0 Å². The number of hydrogen-bond acceptors (Lipinski definition) is 6. The summed E-state index contributed by atoms with van der Waals surface area (Å²) in [4.78, 5) is 23.3. The van der Waals surface area contributed by atoms with Gasteiger partial charge in [-0.05, 0) is 42.0 Å². The maximum atomic E-state index is 12.9. The highest BCUT2D eigenvalue weighted by molar-refractivity contribution is 6.11. The number of alkyl halides is 2. The number of benzene rings is 3. The van der Waals surface area contributed by atoms with Crippen molar-refractivity contribution in [3.8, 4) is 22.6 Å². The van der Waals surface area contributed by atoms with Gasteiger partial charge in [-0.2, -0.15) is 13.9 Å². The molecule has 33 heavy (non-hydrogen) atoms. The molecule has 1 amide bonds. The number of ether oxygens (including phenoxy) is 2. The second kappa shape index (κ2) is 8.91. The predicted octanol–water partition coefficient (Wildman–Crippen LogP) is 5.00. The van der Waals surface area contributed by atoms with E-state index in [0.717, 1.165) is 0 Å². The number of H-pyrrole nitrogens is 1. The summed E-state index contributed by atoms with van der Waals surface area (Å²) < 4.78 is 35.5. The Morgan fingerprint density at radius 3 is 2.55 bits per heavy atom. The molecular weight excluding hydrogens is 438 g/mol. The Kier molecular flexibility index (Phi) is 5.85. The van der Waals surface area contributed by atoms with E-state index in [9.17, 15) is 23.7 Å². The monoisotopic (exact) mass is 454 g/mol. The molecule has 0 saturated heterocycles. The average Bonchev–Trinajstić information content (AvgIpc) is 3.23. The lowest BCUT2D eigenvalue weighted by Gasteiger charge is -2.14. The highest BCUT2D eigenvalue weighted by Gasteiger charge is 2.19. The minimum Gasteiger partial charge on any atom is -0.497 e. The van der Waals surface area contributed by atoms with Gasteiger partial charge < -0.3 is 14.8 Å². The lowest BCUT2D eigenvalue weighted by molar-refractivity contribution is -0.384. The maximum absolute atomic E-state index is 12.9. The molecule has 4 rings (SSSR count). The minimum atomic E-state index is -3.03. The van der Waals surface area contributed by atoms with E-state index in [4.69, 9.17) is 4.74 Å². The summed E-state index contributed by atoms with van der Waals surface area (Å²) >= 11 is 0. The molecule has 0 saturated carbocycles. The van der Waals surface area contributed by atoms with E-state index in [1.807, 2.05) is 0 Å². The van der Waals surface area contributed by atoms with Gasteiger partial charge in [-0.3, -0.25) is 20.0 Å². The van der Waals surface area contributed by atoms with Crippen molar-refractivity contribution in [3.05, 3.63) is 76.5 Å². The fraction of sp³-hybridized carbons (Fsp3) is 0.0909. The molecule has 0 aliphatic heterocycles. The van der Waals surface area contributed by atoms with Crippen LogP contribution in [0.15, 0.2) is 60.7 Å². The number of aromatic nitrogens is 2. The highest BCUT2D eigenvalue weighted by Crippen LogP contribution is 2.35. The number of non-ortho nitro benzene ring substituents is 1. The van der Waals surface area contributed by atoms with Crippen LogP contribution in [0, 0.1) is 10.1 Å². The molecule has 0 radical (unpaired) electrons. The molecule has 9 nitrogen and oxygen atoms in total. The number of halogens is 2. The van der Waals surface area contributed by atoms with Crippen LogP contribution in [0.2, 0.25) is 0 Å². The molecule has 1 aromatic heterocycles. The lowest BCUT2D eigenvalue weighted by atomic mass is 10.0. The molecule has 11 heteroatoms. The maximum Gasteiger partial charge on any atom is 0.387 e. The van der Waals surface area contributed by atoms with Crippen molar-refractivity contribution < 1.29 is 28.0 Å². The lowest BCUT2D eigenvalue weighted by Crippen LogP contribution is -2.13. The summed E-state index contributed by atoms with van der Waals surface area (Å²) in [6.45, 7) is -3.03. The summed E-state index contributed by atoms with van der Waals surface area (Å²) in [5, 5.41) is 20.6. The number of rotatable bonds is 7. The van der Waals surface area contributed by atoms with Crippen molar-refractivity contribution in [1.29, 1.82) is 0 Å². The Morgan fingerprint density at radius 1 is 1.12 bits per heavy atom. The predicted molar refractivity (Wildman–Crippen MR) is 116 cm³/mol. The van der Waals surface area contributed by atoms with Crippen molar-refractivity contribution in [3.63, 3.8) is 0 Å². The molecule has 4 aromatic rings. The van der Waals surface area contributed by atoms with Crippen LogP contribution in [0.3, 0.4) is 0 Å². The van der Waals surface area contributed by atoms with Gasteiger partial charge in [-0.1, -0.05) is 12.1 Å². The van der Waals surface area contributed by atoms with Crippen LogP contribution < -0.4 is 14.8 Å². The van der Waals surface area contributed by atoms with Crippen molar-refractivity contribution in [2.75, 3.05) is 12.4 Å². The SMILES string of the molecule is COc1ccc(-c2cc(NC(=O)c3n[nH]c4ccc([N+](=O)[O-])cc34)ccc2OC(F)F)cc1. The first kappa shape index (κ1) is 21.7. The van der Waals surface area contributed by atoms with Crippen LogP contribution >= 0.6 is 0 Å². The number of hydrogen-bond donors (Lipinski definition) is 2. The molecule has 0 aliphatic rings. The Morgan fingerprint density at radius 2 is 1.88 bits per heavy atom. The average molecular weight is 454 g/mol. The number of carbonyl (C=O) groups is 1. The van der Waals surface area contributed by atoms with Crippen molar-refractivity contribution >= 4 is 28.2 Å². The molecule has 3 aromatic carbocycles. The largest absolute Gasteiger partial charge is 0.497 e. The number of nitro benzene ring substituents is 1. The number of carbonyl (C=O) groups excluding carboxylic acids is 1. The smallest absolute Gasteiger partial charge is 0.387 e. The molecule has 0 spiro atoms. The van der Waals surface area contributed by atoms with E-state index in [0.29, 0.717) is 22.4 Å². The summed E-state index contributed by atoms with van der Waals surface area (Å²) in [5.41, 5.74) is 1.38. The number of anilines is 1. The molecule has 0 atom stereocenters. The Bertz CT molecular complexity index is 1340. The van der Waals surface area contributed by atoms with E-state index < -0.39 is 17.4 Å². The van der Waals surface area contributed by atoms with Crippen LogP contribution in [0.5, 0.6) is 11.5 Å². The van der Waals surface area contributed by atoms with Gasteiger partial charge in [0.15, 0.2) is 5.69 Å². The number of methoxy groups -OCH3 is 1. The van der Waals surface area contributed by atoms with Gasteiger partial charge in [0, 0.05) is 28.8 Å². The van der Waals surface area contributed by atoms with Crippen LogP contribution in [0.25, 0.3) is 22.0 Å². The van der Waals surface area contributed by atoms with Gasteiger partial charge in [-0.15, -0.1) is 0 Å². The standard InChI is InChI=1S/C22H16F2N4O5/c1-32-15-6-2-12(3-7-15)16-10-13(4-9-19(16)33-22(23)24)25-21(29)20-17-11-14(28(30)31)5-8-18(17)26-27-20/h2-11,22H,1H3,(H,25,29)(H,26,27). The first-order valence-electron chi connectivity index (χ1n) is 9.53. The van der Waals surface area contributed by atoms with E-state index in [1.54, 1.807) is 24.3 Å². The van der Waals surface area contributed by atoms with Crippen LogP contribution in [-0.4, -0.2) is 34.7 Å². The molecule has 0 fully saturated rings. The minimum absolute atomic E-state index is 0.0485. The molecule has 168 valence electrons. The van der Waals surface area contributed by atoms with Gasteiger partial charge in [-0.25, -0.2) is 0 Å². The van der Waals surface area contributed by atoms with Crippen LogP contribution in [0.1, 0.15) is 10.5 Å². The topological polar surface area (TPSA) is 119 Å². The Labute approximate surface area is 185 Å². The number of nitrogens with zero attached hydrogens (tertiary/aromatic N) is 2. The van der Waals surface area contributed by atoms with Crippen LogP contribution in [-0.2, 0) is 0 Å². The quantitative estimate of drug-likeness (QED) is 0.300. The van der Waals surface area contributed by atoms with Gasteiger partial charge in [0.1, 0.15) is 11.5 Å². The molecule has 2 N–H and O–H groups in total. The van der Waals surface area contributed by atoms with Crippen molar-refractivity contribution in [2.45, 2.75) is 6.61 Å². The summed E-state index contributed by atoms with van der Waals surface area (Å²) in [6.07, 6.45) is 0. The number of aromatic amines is 1. The summed E-state index contributed by atoms with van der Waals surface area (Å²) in [5.74, 6) is -0.127. The zero-order valence-electron chi connectivity index (χ0n) is 17.0. The first-order valence-corrected chi connectivity index (χ1v) is 9.53. The Balaban J connectivity index is 1.68. The molecule has 0 bridgehead atoms. The van der Waals surface area contributed by atoms with Gasteiger partial charge in [0.25, 0.3) is 11.6 Å². The van der Waals surface area contributed by atoms with Crippen LogP contribution in [0.4, 0.5) is 20.2 Å². The van der Waals surface area contributed by atoms with E-state index in [-0.39, 0.29) is 28.2 Å². The van der Waals surface area contributed by atoms with E-state index >= 15 is 0 Å². The third kappa shape index (κ3) is 4.56. The zero-order valence-corrected chi connectivity index (χ0v) is 17.0. The molecule has 1 heterocycles. The second-order valence-corrected chi connectivity index (χ2v) is 6.83. The number of amides is 1. The normalized spacial score (nSPS) is 10.9. The second-order valence-electron chi connectivity index (χ2n) is 6.83. The van der Waals surface area contributed by atoms with Gasteiger partial charge in [0.05, 0.1) is 17.5 Å². The molecule has 0 aliphatic carbocycles. The molecular formula is C22H16F2N4O5. The Hall–Kier alpha value is -4.54. The molecule has 0 unspecified atom stereocenters. The summed E-state index contributed by atoms with van der Waals surface area (Å²) in [6, 6.07) is 14.8. The highest BCUT2D eigenvalue weighted by atomic mass is 19.3. The fourth-order valence-corrected chi connectivity index (χ4v) is 3.28.